The van der Waals surface area contributed by atoms with Crippen molar-refractivity contribution >= 4 is 5.82 Å². The first-order valence-electron chi connectivity index (χ1n) is 8.88. The van der Waals surface area contributed by atoms with Gasteiger partial charge < -0.3 is 9.73 Å². The summed E-state index contributed by atoms with van der Waals surface area (Å²) in [5.74, 6) is -3.18. The summed E-state index contributed by atoms with van der Waals surface area (Å²) in [6.07, 6.45) is 0.905. The third-order valence-corrected chi connectivity index (χ3v) is 4.40. The Hall–Kier alpha value is -3.88. The molecule has 9 heteroatoms. The van der Waals surface area contributed by atoms with Crippen molar-refractivity contribution in [2.75, 3.05) is 12.4 Å². The lowest BCUT2D eigenvalue weighted by Crippen LogP contribution is -2.23. The van der Waals surface area contributed by atoms with Gasteiger partial charge in [-0.15, -0.1) is 0 Å². The van der Waals surface area contributed by atoms with Crippen molar-refractivity contribution in [2.24, 2.45) is 0 Å². The smallest absolute Gasteiger partial charge is 0.355 e. The van der Waals surface area contributed by atoms with Crippen LogP contribution in [-0.4, -0.2) is 21.6 Å². The molecule has 0 unspecified atom stereocenters. The molecule has 4 rings (SSSR count). The molecule has 30 heavy (non-hydrogen) atoms. The molecular formula is C21H15F3N4O2. The van der Waals surface area contributed by atoms with Crippen molar-refractivity contribution in [1.29, 1.82) is 0 Å². The Morgan fingerprint density at radius 2 is 1.77 bits per heavy atom. The molecule has 2 aromatic heterocycles. The minimum atomic E-state index is -1.10. The van der Waals surface area contributed by atoms with E-state index in [4.69, 9.17) is 4.42 Å². The molecule has 0 aliphatic carbocycles. The highest BCUT2D eigenvalue weighted by molar-refractivity contribution is 5.69. The van der Waals surface area contributed by atoms with E-state index in [2.05, 4.69) is 15.3 Å². The van der Waals surface area contributed by atoms with Gasteiger partial charge in [-0.25, -0.2) is 22.5 Å². The van der Waals surface area contributed by atoms with Crippen LogP contribution >= 0.6 is 0 Å². The quantitative estimate of drug-likeness (QED) is 0.540. The van der Waals surface area contributed by atoms with Crippen LogP contribution in [0.3, 0.4) is 0 Å². The van der Waals surface area contributed by atoms with Crippen LogP contribution in [0.25, 0.3) is 28.6 Å². The molecule has 6 nitrogen and oxygen atoms in total. The molecule has 0 bridgehead atoms. The average molecular weight is 412 g/mol. The van der Waals surface area contributed by atoms with Gasteiger partial charge in [-0.3, -0.25) is 0 Å². The van der Waals surface area contributed by atoms with Gasteiger partial charge in [-0.2, -0.15) is 9.97 Å². The third-order valence-electron chi connectivity index (χ3n) is 4.40. The summed E-state index contributed by atoms with van der Waals surface area (Å²) < 4.78 is 48.2. The summed E-state index contributed by atoms with van der Waals surface area (Å²) in [7, 11) is 1.42. The highest BCUT2D eigenvalue weighted by Gasteiger charge is 2.22. The largest absolute Gasteiger partial charge is 0.434 e. The van der Waals surface area contributed by atoms with Gasteiger partial charge in [0.1, 0.15) is 0 Å². The molecule has 0 fully saturated rings. The monoisotopic (exact) mass is 412 g/mol. The number of oxazole rings is 1. The fourth-order valence-corrected chi connectivity index (χ4v) is 2.96. The SMILES string of the molecule is CNc1nc(=O)n(-c2nc(-c3cccc(C)c3)oc2-c2ccc(F)c(F)c2)cc1F. The van der Waals surface area contributed by atoms with Crippen molar-refractivity contribution in [3.8, 4) is 28.6 Å². The number of hydrogen-bond donors (Lipinski definition) is 1. The van der Waals surface area contributed by atoms with Crippen LogP contribution in [0.2, 0.25) is 0 Å². The Kier molecular flexibility index (Phi) is 4.86. The molecule has 0 aliphatic heterocycles. The number of aromatic nitrogens is 3. The Balaban J connectivity index is 1.98. The van der Waals surface area contributed by atoms with E-state index in [0.717, 1.165) is 28.5 Å². The van der Waals surface area contributed by atoms with E-state index in [-0.39, 0.29) is 28.9 Å². The fourth-order valence-electron chi connectivity index (χ4n) is 2.96. The first-order valence-corrected chi connectivity index (χ1v) is 8.88. The molecule has 0 saturated heterocycles. The second-order valence-electron chi connectivity index (χ2n) is 6.51. The van der Waals surface area contributed by atoms with E-state index in [1.807, 2.05) is 13.0 Å². The van der Waals surface area contributed by atoms with Gasteiger partial charge in [-0.1, -0.05) is 17.7 Å². The second-order valence-corrected chi connectivity index (χ2v) is 6.51. The molecule has 2 heterocycles. The maximum absolute atomic E-state index is 14.3. The van der Waals surface area contributed by atoms with Crippen LogP contribution in [0.4, 0.5) is 19.0 Å². The summed E-state index contributed by atoms with van der Waals surface area (Å²) in [6, 6.07) is 10.3. The summed E-state index contributed by atoms with van der Waals surface area (Å²) >= 11 is 0. The van der Waals surface area contributed by atoms with E-state index in [1.54, 1.807) is 18.2 Å². The van der Waals surface area contributed by atoms with E-state index >= 15 is 0 Å². The zero-order chi connectivity index (χ0) is 21.4. The van der Waals surface area contributed by atoms with E-state index in [1.165, 1.54) is 13.1 Å². The minimum absolute atomic E-state index is 0.0362. The van der Waals surface area contributed by atoms with Crippen molar-refractivity contribution in [1.82, 2.24) is 14.5 Å². The minimum Gasteiger partial charge on any atom is -0.434 e. The van der Waals surface area contributed by atoms with E-state index in [0.29, 0.717) is 5.56 Å². The molecule has 0 amide bonds. The maximum Gasteiger partial charge on any atom is 0.355 e. The first kappa shape index (κ1) is 19.4. The van der Waals surface area contributed by atoms with Gasteiger partial charge >= 0.3 is 5.69 Å². The Labute approximate surface area is 168 Å². The van der Waals surface area contributed by atoms with Gasteiger partial charge in [0, 0.05) is 18.2 Å². The van der Waals surface area contributed by atoms with Crippen molar-refractivity contribution < 1.29 is 17.6 Å². The second kappa shape index (κ2) is 7.51. The molecule has 0 spiro atoms. The molecule has 1 N–H and O–H groups in total. The molecule has 4 aromatic rings. The zero-order valence-electron chi connectivity index (χ0n) is 15.9. The van der Waals surface area contributed by atoms with Gasteiger partial charge in [0.25, 0.3) is 0 Å². The predicted molar refractivity (Wildman–Crippen MR) is 105 cm³/mol. The van der Waals surface area contributed by atoms with Crippen LogP contribution in [0, 0.1) is 24.4 Å². The molecular weight excluding hydrogens is 397 g/mol. The third kappa shape index (κ3) is 3.45. The normalized spacial score (nSPS) is 11.0. The van der Waals surface area contributed by atoms with Crippen LogP contribution < -0.4 is 11.0 Å². The van der Waals surface area contributed by atoms with Crippen molar-refractivity contribution in [3.05, 3.63) is 82.2 Å². The number of hydrogen-bond acceptors (Lipinski definition) is 5. The van der Waals surface area contributed by atoms with Gasteiger partial charge in [0.2, 0.25) is 5.89 Å². The summed E-state index contributed by atoms with van der Waals surface area (Å²) in [5, 5.41) is 2.48. The van der Waals surface area contributed by atoms with Crippen LogP contribution in [0.15, 0.2) is 57.9 Å². The lowest BCUT2D eigenvalue weighted by Gasteiger charge is -2.06. The number of benzene rings is 2. The average Bonchev–Trinajstić information content (AvgIpc) is 3.16. The number of nitrogens with one attached hydrogen (secondary N) is 1. The van der Waals surface area contributed by atoms with E-state index < -0.39 is 23.1 Å². The van der Waals surface area contributed by atoms with Crippen molar-refractivity contribution in [3.63, 3.8) is 0 Å². The summed E-state index contributed by atoms with van der Waals surface area (Å²) in [5.41, 5.74) is 0.831. The standard InChI is InChI=1S/C21H15F3N4O2/c1-11-4-3-5-13(8-11)20-27-19(28-10-16(24)18(25-2)26-21(28)29)17(30-20)12-6-7-14(22)15(23)9-12/h3-10H,1-2H3,(H,25,26,29). The number of nitrogens with zero attached hydrogens (tertiary/aromatic N) is 3. The zero-order valence-corrected chi connectivity index (χ0v) is 15.9. The molecule has 0 radical (unpaired) electrons. The predicted octanol–water partition coefficient (Wildman–Crippen LogP) is 4.32. The first-order chi connectivity index (χ1) is 14.4. The highest BCUT2D eigenvalue weighted by atomic mass is 19.2. The fraction of sp³-hybridized carbons (Fsp3) is 0.0952. The Morgan fingerprint density at radius 3 is 2.47 bits per heavy atom. The van der Waals surface area contributed by atoms with E-state index in [9.17, 15) is 18.0 Å². The Bertz CT molecular complexity index is 1310. The number of aryl methyl sites for hydroxylation is 1. The topological polar surface area (TPSA) is 73.0 Å². The summed E-state index contributed by atoms with van der Waals surface area (Å²) in [4.78, 5) is 20.5. The van der Waals surface area contributed by atoms with Gasteiger partial charge in [0.05, 0.1) is 6.20 Å². The van der Waals surface area contributed by atoms with Gasteiger partial charge in [-0.05, 0) is 37.3 Å². The lowest BCUT2D eigenvalue weighted by atomic mass is 10.1. The lowest BCUT2D eigenvalue weighted by molar-refractivity contribution is 0.508. The number of rotatable bonds is 4. The maximum atomic E-state index is 14.3. The molecule has 0 aliphatic rings. The molecule has 0 atom stereocenters. The number of halogens is 3. The summed E-state index contributed by atoms with van der Waals surface area (Å²) in [6.45, 7) is 1.88. The molecule has 0 saturated carbocycles. The molecule has 152 valence electrons. The Morgan fingerprint density at radius 1 is 0.967 bits per heavy atom. The number of anilines is 1. The van der Waals surface area contributed by atoms with Gasteiger partial charge in [0.15, 0.2) is 34.8 Å². The highest BCUT2D eigenvalue weighted by Crippen LogP contribution is 2.32. The molecule has 2 aromatic carbocycles. The van der Waals surface area contributed by atoms with Crippen molar-refractivity contribution in [2.45, 2.75) is 6.92 Å². The van der Waals surface area contributed by atoms with Crippen LogP contribution in [-0.2, 0) is 0 Å². The van der Waals surface area contributed by atoms with Crippen LogP contribution in [0.1, 0.15) is 5.56 Å². The van der Waals surface area contributed by atoms with Crippen LogP contribution in [0.5, 0.6) is 0 Å².